The zero-order valence-corrected chi connectivity index (χ0v) is 18.2. The first kappa shape index (κ1) is 21.2. The molecule has 0 spiro atoms. The van der Waals surface area contributed by atoms with Crippen LogP contribution < -0.4 is 5.32 Å². The molecule has 4 nitrogen and oxygen atoms in total. The Bertz CT molecular complexity index is 1250. The van der Waals surface area contributed by atoms with Crippen molar-refractivity contribution in [2.45, 2.75) is 5.03 Å². The van der Waals surface area contributed by atoms with Crippen molar-refractivity contribution in [2.24, 2.45) is 0 Å². The highest BCUT2D eigenvalue weighted by atomic mass is 32.2. The summed E-state index contributed by atoms with van der Waals surface area (Å²) in [7, 11) is 0. The van der Waals surface area contributed by atoms with Crippen molar-refractivity contribution in [3.05, 3.63) is 76.5 Å². The van der Waals surface area contributed by atoms with Gasteiger partial charge in [-0.1, -0.05) is 30.0 Å². The summed E-state index contributed by atoms with van der Waals surface area (Å²) in [5, 5.41) is 16.3. The highest BCUT2D eigenvalue weighted by Gasteiger charge is 2.19. The van der Waals surface area contributed by atoms with E-state index < -0.39 is 23.2 Å². The lowest BCUT2D eigenvalue weighted by Crippen LogP contribution is -2.16. The monoisotopic (exact) mass is 469 g/mol. The number of nitrogens with zero attached hydrogens (tertiary/aromatic N) is 2. The second-order valence-corrected chi connectivity index (χ2v) is 9.09. The fourth-order valence-electron chi connectivity index (χ4n) is 2.84. The van der Waals surface area contributed by atoms with Crippen LogP contribution in [0.25, 0.3) is 21.0 Å². The van der Waals surface area contributed by atoms with Gasteiger partial charge in [0.1, 0.15) is 28.4 Å². The normalized spacial score (nSPS) is 10.6. The predicted octanol–water partition coefficient (Wildman–Crippen LogP) is 6.42. The van der Waals surface area contributed by atoms with Gasteiger partial charge in [-0.05, 0) is 41.1 Å². The SMILES string of the molecule is N#Cc1c(-c2cccs2)cc(-c2cccs2)nc1SCC(=O)Nc1c(F)cccc1F. The average molecular weight is 470 g/mol. The maximum absolute atomic E-state index is 13.8. The maximum Gasteiger partial charge on any atom is 0.234 e. The highest BCUT2D eigenvalue weighted by Crippen LogP contribution is 2.37. The number of carbonyl (C=O) groups is 1. The number of aromatic nitrogens is 1. The third kappa shape index (κ3) is 4.66. The van der Waals surface area contributed by atoms with E-state index in [-0.39, 0.29) is 5.75 Å². The standard InChI is InChI=1S/C22H13F2N3OS3/c23-15-4-1-5-16(24)21(15)27-20(28)12-31-22-14(11-25)13(18-6-2-8-29-18)10-17(26-22)19-7-3-9-30-19/h1-10H,12H2,(H,27,28). The first-order chi connectivity index (χ1) is 15.1. The zero-order chi connectivity index (χ0) is 21.8. The molecule has 0 atom stereocenters. The Balaban J connectivity index is 1.64. The summed E-state index contributed by atoms with van der Waals surface area (Å²) < 4.78 is 27.6. The first-order valence-electron chi connectivity index (χ1n) is 8.96. The van der Waals surface area contributed by atoms with Gasteiger partial charge < -0.3 is 5.32 Å². The fraction of sp³-hybridized carbons (Fsp3) is 0.0455. The van der Waals surface area contributed by atoms with Crippen LogP contribution in [0, 0.1) is 23.0 Å². The van der Waals surface area contributed by atoms with Crippen LogP contribution in [-0.2, 0) is 4.79 Å². The van der Waals surface area contributed by atoms with Crippen molar-refractivity contribution in [1.82, 2.24) is 4.98 Å². The molecule has 1 N–H and O–H groups in total. The Labute approximate surface area is 189 Å². The number of thiophene rings is 2. The average Bonchev–Trinajstić information content (AvgIpc) is 3.48. The van der Waals surface area contributed by atoms with Gasteiger partial charge in [-0.25, -0.2) is 13.8 Å². The van der Waals surface area contributed by atoms with Crippen molar-refractivity contribution in [2.75, 3.05) is 11.1 Å². The molecule has 0 unspecified atom stereocenters. The molecule has 31 heavy (non-hydrogen) atoms. The molecule has 4 rings (SSSR count). The van der Waals surface area contributed by atoms with Gasteiger partial charge in [0, 0.05) is 10.4 Å². The molecule has 0 aliphatic carbocycles. The molecular weight excluding hydrogens is 456 g/mol. The molecule has 3 aromatic heterocycles. The minimum Gasteiger partial charge on any atom is -0.320 e. The van der Waals surface area contributed by atoms with E-state index in [4.69, 9.17) is 0 Å². The van der Waals surface area contributed by atoms with Crippen LogP contribution >= 0.6 is 34.4 Å². The summed E-state index contributed by atoms with van der Waals surface area (Å²) in [6.07, 6.45) is 0. The molecule has 0 saturated heterocycles. The molecule has 1 aromatic carbocycles. The van der Waals surface area contributed by atoms with E-state index in [1.807, 2.05) is 41.1 Å². The number of thioether (sulfide) groups is 1. The van der Waals surface area contributed by atoms with E-state index in [1.54, 1.807) is 0 Å². The van der Waals surface area contributed by atoms with Gasteiger partial charge in [-0.3, -0.25) is 4.79 Å². The third-order valence-corrected chi connectivity index (χ3v) is 7.00. The first-order valence-corrected chi connectivity index (χ1v) is 11.7. The van der Waals surface area contributed by atoms with Crippen molar-refractivity contribution in [1.29, 1.82) is 5.26 Å². The topological polar surface area (TPSA) is 65.8 Å². The van der Waals surface area contributed by atoms with Gasteiger partial charge in [0.05, 0.1) is 21.9 Å². The summed E-state index contributed by atoms with van der Waals surface area (Å²) in [6, 6.07) is 15.1. The largest absolute Gasteiger partial charge is 0.320 e. The molecule has 0 fully saturated rings. The molecule has 3 heterocycles. The lowest BCUT2D eigenvalue weighted by Gasteiger charge is -2.11. The van der Waals surface area contributed by atoms with Gasteiger partial charge in [0.15, 0.2) is 0 Å². The van der Waals surface area contributed by atoms with Crippen LogP contribution in [0.1, 0.15) is 5.56 Å². The second-order valence-electron chi connectivity index (χ2n) is 6.24. The molecule has 0 saturated carbocycles. The Morgan fingerprint density at radius 2 is 1.74 bits per heavy atom. The molecule has 0 aliphatic rings. The maximum atomic E-state index is 13.8. The Morgan fingerprint density at radius 1 is 1.06 bits per heavy atom. The molecule has 0 bridgehead atoms. The number of nitrogens with one attached hydrogen (secondary N) is 1. The van der Waals surface area contributed by atoms with E-state index in [1.165, 1.54) is 28.7 Å². The number of benzene rings is 1. The van der Waals surface area contributed by atoms with E-state index in [2.05, 4.69) is 16.4 Å². The van der Waals surface area contributed by atoms with Gasteiger partial charge in [0.2, 0.25) is 5.91 Å². The lowest BCUT2D eigenvalue weighted by atomic mass is 10.1. The quantitative estimate of drug-likeness (QED) is 0.331. The second kappa shape index (κ2) is 9.39. The molecule has 4 aromatic rings. The number of halogens is 2. The summed E-state index contributed by atoms with van der Waals surface area (Å²) in [6.45, 7) is 0. The number of hydrogen-bond donors (Lipinski definition) is 1. The minimum absolute atomic E-state index is 0.159. The number of nitriles is 1. The number of para-hydroxylation sites is 1. The smallest absolute Gasteiger partial charge is 0.234 e. The predicted molar refractivity (Wildman–Crippen MR) is 121 cm³/mol. The van der Waals surface area contributed by atoms with Crippen LogP contribution in [0.3, 0.4) is 0 Å². The highest BCUT2D eigenvalue weighted by molar-refractivity contribution is 8.00. The number of rotatable bonds is 6. The van der Waals surface area contributed by atoms with Crippen molar-refractivity contribution >= 4 is 46.0 Å². The van der Waals surface area contributed by atoms with Gasteiger partial charge >= 0.3 is 0 Å². The van der Waals surface area contributed by atoms with E-state index in [0.717, 1.165) is 39.2 Å². The van der Waals surface area contributed by atoms with Crippen LogP contribution in [-0.4, -0.2) is 16.6 Å². The van der Waals surface area contributed by atoms with Crippen molar-refractivity contribution in [3.63, 3.8) is 0 Å². The zero-order valence-electron chi connectivity index (χ0n) is 15.8. The van der Waals surface area contributed by atoms with Gasteiger partial charge in [-0.2, -0.15) is 5.26 Å². The molecule has 0 radical (unpaired) electrons. The van der Waals surface area contributed by atoms with E-state index in [0.29, 0.717) is 16.3 Å². The summed E-state index contributed by atoms with van der Waals surface area (Å²) in [5.41, 5.74) is 1.30. The third-order valence-electron chi connectivity index (χ3n) is 4.23. The van der Waals surface area contributed by atoms with Crippen LogP contribution in [0.4, 0.5) is 14.5 Å². The number of carbonyl (C=O) groups excluding carboxylic acids is 1. The summed E-state index contributed by atoms with van der Waals surface area (Å²) in [5.74, 6) is -2.46. The Kier molecular flexibility index (Phi) is 6.42. The summed E-state index contributed by atoms with van der Waals surface area (Å²) >= 11 is 4.07. The van der Waals surface area contributed by atoms with Crippen LogP contribution in [0.5, 0.6) is 0 Å². The molecule has 9 heteroatoms. The summed E-state index contributed by atoms with van der Waals surface area (Å²) in [4.78, 5) is 18.8. The Morgan fingerprint density at radius 3 is 2.35 bits per heavy atom. The number of amides is 1. The lowest BCUT2D eigenvalue weighted by molar-refractivity contribution is -0.113. The van der Waals surface area contributed by atoms with Gasteiger partial charge in [-0.15, -0.1) is 22.7 Å². The van der Waals surface area contributed by atoms with Gasteiger partial charge in [0.25, 0.3) is 0 Å². The van der Waals surface area contributed by atoms with Crippen molar-refractivity contribution in [3.8, 4) is 27.1 Å². The molecule has 0 aliphatic heterocycles. The van der Waals surface area contributed by atoms with Crippen LogP contribution in [0.15, 0.2) is 64.3 Å². The van der Waals surface area contributed by atoms with E-state index in [9.17, 15) is 18.8 Å². The molecule has 1 amide bonds. The van der Waals surface area contributed by atoms with Crippen molar-refractivity contribution < 1.29 is 13.6 Å². The van der Waals surface area contributed by atoms with E-state index >= 15 is 0 Å². The number of anilines is 1. The Hall–Kier alpha value is -3.06. The fourth-order valence-corrected chi connectivity index (χ4v) is 5.08. The molecular formula is C22H13F2N3OS3. The van der Waals surface area contributed by atoms with Crippen LogP contribution in [0.2, 0.25) is 0 Å². The number of pyridine rings is 1. The molecule has 154 valence electrons. The number of hydrogen-bond acceptors (Lipinski definition) is 6. The minimum atomic E-state index is -0.853.